The molecule has 0 radical (unpaired) electrons. The minimum absolute atomic E-state index is 0.274. The van der Waals surface area contributed by atoms with Crippen molar-refractivity contribution in [2.75, 3.05) is 12.3 Å². The molecule has 0 spiro atoms. The fourth-order valence-electron chi connectivity index (χ4n) is 1.59. The van der Waals surface area contributed by atoms with Crippen LogP contribution in [0.3, 0.4) is 0 Å². The number of nitrogens with zero attached hydrogens (tertiary/aromatic N) is 1. The summed E-state index contributed by atoms with van der Waals surface area (Å²) >= 11 is 12.3. The van der Waals surface area contributed by atoms with Crippen LogP contribution in [0, 0.1) is 3.95 Å². The van der Waals surface area contributed by atoms with E-state index in [4.69, 9.17) is 34.3 Å². The van der Waals surface area contributed by atoms with Gasteiger partial charge in [0, 0.05) is 5.02 Å². The molecule has 0 amide bonds. The van der Waals surface area contributed by atoms with Gasteiger partial charge in [0.1, 0.15) is 5.82 Å². The molecule has 0 unspecified atom stereocenters. The molecule has 2 N–H and O–H groups in total. The Hall–Kier alpha value is -1.37. The molecule has 0 saturated carbocycles. The van der Waals surface area contributed by atoms with Gasteiger partial charge in [0.25, 0.3) is 0 Å². The van der Waals surface area contributed by atoms with Gasteiger partial charge in [-0.2, -0.15) is 0 Å². The zero-order chi connectivity index (χ0) is 14.0. The van der Waals surface area contributed by atoms with Crippen molar-refractivity contribution in [1.29, 1.82) is 0 Å². The second kappa shape index (κ2) is 5.73. The SMILES string of the molecule is CCOC(=O)c1sc(=S)n(-c2cccc(Cl)c2)c1N. The highest BCUT2D eigenvalue weighted by Crippen LogP contribution is 2.27. The molecular weight excluding hydrogens is 304 g/mol. The number of esters is 1. The average Bonchev–Trinajstić information content (AvgIpc) is 2.65. The maximum absolute atomic E-state index is 11.8. The van der Waals surface area contributed by atoms with Gasteiger partial charge >= 0.3 is 5.97 Å². The molecule has 1 aromatic carbocycles. The van der Waals surface area contributed by atoms with Gasteiger partial charge in [-0.15, -0.1) is 0 Å². The molecular formula is C12H11ClN2O2S2. The van der Waals surface area contributed by atoms with Gasteiger partial charge in [-0.05, 0) is 37.3 Å². The Labute approximate surface area is 124 Å². The normalized spacial score (nSPS) is 10.4. The predicted molar refractivity (Wildman–Crippen MR) is 79.9 cm³/mol. The Morgan fingerprint density at radius 3 is 2.95 bits per heavy atom. The lowest BCUT2D eigenvalue weighted by Crippen LogP contribution is -2.08. The molecule has 1 aromatic heterocycles. The quantitative estimate of drug-likeness (QED) is 0.693. The number of hydrogen-bond acceptors (Lipinski definition) is 5. The van der Waals surface area contributed by atoms with Crippen molar-refractivity contribution in [2.24, 2.45) is 0 Å². The van der Waals surface area contributed by atoms with Crippen LogP contribution >= 0.6 is 35.2 Å². The molecule has 2 rings (SSSR count). The van der Waals surface area contributed by atoms with E-state index in [1.165, 1.54) is 0 Å². The van der Waals surface area contributed by atoms with Crippen LogP contribution in [0.5, 0.6) is 0 Å². The van der Waals surface area contributed by atoms with E-state index in [9.17, 15) is 4.79 Å². The number of benzene rings is 1. The van der Waals surface area contributed by atoms with Gasteiger partial charge in [0.15, 0.2) is 8.83 Å². The summed E-state index contributed by atoms with van der Waals surface area (Å²) in [6.45, 7) is 2.03. The van der Waals surface area contributed by atoms with Crippen molar-refractivity contribution in [2.45, 2.75) is 6.92 Å². The van der Waals surface area contributed by atoms with Crippen LogP contribution < -0.4 is 5.73 Å². The van der Waals surface area contributed by atoms with Crippen LogP contribution in [0.2, 0.25) is 5.02 Å². The molecule has 4 nitrogen and oxygen atoms in total. The minimum Gasteiger partial charge on any atom is -0.462 e. The van der Waals surface area contributed by atoms with E-state index in [0.717, 1.165) is 17.0 Å². The lowest BCUT2D eigenvalue weighted by Gasteiger charge is -2.06. The van der Waals surface area contributed by atoms with Gasteiger partial charge < -0.3 is 10.5 Å². The second-order valence-corrected chi connectivity index (χ2v) is 5.70. The van der Waals surface area contributed by atoms with Crippen LogP contribution in [0.25, 0.3) is 5.69 Å². The summed E-state index contributed by atoms with van der Waals surface area (Å²) in [7, 11) is 0. The molecule has 0 bridgehead atoms. The summed E-state index contributed by atoms with van der Waals surface area (Å²) in [6.07, 6.45) is 0. The number of ether oxygens (including phenoxy) is 1. The zero-order valence-electron chi connectivity index (χ0n) is 10.1. The molecule has 1 heterocycles. The largest absolute Gasteiger partial charge is 0.462 e. The molecule has 19 heavy (non-hydrogen) atoms. The van der Waals surface area contributed by atoms with Crippen molar-refractivity contribution in [3.8, 4) is 5.69 Å². The van der Waals surface area contributed by atoms with Gasteiger partial charge in [-0.3, -0.25) is 4.57 Å². The Bertz CT molecular complexity index is 679. The summed E-state index contributed by atoms with van der Waals surface area (Å²) in [4.78, 5) is 12.1. The Kier molecular flexibility index (Phi) is 4.24. The lowest BCUT2D eigenvalue weighted by atomic mass is 10.3. The summed E-state index contributed by atoms with van der Waals surface area (Å²) in [5, 5.41) is 0.572. The number of nitrogens with two attached hydrogens (primary N) is 1. The predicted octanol–water partition coefficient (Wildman–Crippen LogP) is 3.68. The molecule has 2 aromatic rings. The summed E-state index contributed by atoms with van der Waals surface area (Å²) in [5.41, 5.74) is 6.70. The fourth-order valence-corrected chi connectivity index (χ4v) is 3.03. The molecule has 7 heteroatoms. The fraction of sp³-hybridized carbons (Fsp3) is 0.167. The topological polar surface area (TPSA) is 57.2 Å². The second-order valence-electron chi connectivity index (χ2n) is 3.62. The van der Waals surface area contributed by atoms with E-state index in [1.54, 1.807) is 29.7 Å². The van der Waals surface area contributed by atoms with Crippen LogP contribution in [-0.4, -0.2) is 17.1 Å². The smallest absolute Gasteiger partial charge is 0.352 e. The average molecular weight is 315 g/mol. The number of halogens is 1. The first kappa shape index (κ1) is 14.0. The van der Waals surface area contributed by atoms with E-state index < -0.39 is 5.97 Å². The van der Waals surface area contributed by atoms with E-state index in [0.29, 0.717) is 20.5 Å². The third-order valence-electron chi connectivity index (χ3n) is 2.37. The van der Waals surface area contributed by atoms with Crippen molar-refractivity contribution in [1.82, 2.24) is 4.57 Å². The number of nitrogen functional groups attached to an aromatic ring is 1. The minimum atomic E-state index is -0.461. The summed E-state index contributed by atoms with van der Waals surface area (Å²) in [6, 6.07) is 7.10. The first-order valence-corrected chi connectivity index (χ1v) is 7.09. The summed E-state index contributed by atoms with van der Waals surface area (Å²) < 4.78 is 7.03. The molecule has 0 fully saturated rings. The third kappa shape index (κ3) is 2.80. The van der Waals surface area contributed by atoms with Crippen LogP contribution in [-0.2, 0) is 4.74 Å². The van der Waals surface area contributed by atoms with Crippen LogP contribution in [0.15, 0.2) is 24.3 Å². The third-order valence-corrected chi connectivity index (χ3v) is 3.98. The first-order valence-electron chi connectivity index (χ1n) is 5.49. The molecule has 0 aliphatic carbocycles. The molecule has 100 valence electrons. The van der Waals surface area contributed by atoms with Gasteiger partial charge in [0.05, 0.1) is 12.3 Å². The zero-order valence-corrected chi connectivity index (χ0v) is 12.4. The van der Waals surface area contributed by atoms with E-state index in [-0.39, 0.29) is 5.82 Å². The lowest BCUT2D eigenvalue weighted by molar-refractivity contribution is 0.0533. The van der Waals surface area contributed by atoms with Gasteiger partial charge in [-0.1, -0.05) is 29.0 Å². The van der Waals surface area contributed by atoms with Gasteiger partial charge in [-0.25, -0.2) is 4.79 Å². The van der Waals surface area contributed by atoms with Crippen molar-refractivity contribution in [3.05, 3.63) is 38.1 Å². The number of aromatic nitrogens is 1. The van der Waals surface area contributed by atoms with Crippen molar-refractivity contribution < 1.29 is 9.53 Å². The molecule has 0 aliphatic heterocycles. The molecule has 0 atom stereocenters. The van der Waals surface area contributed by atoms with E-state index in [1.807, 2.05) is 6.07 Å². The van der Waals surface area contributed by atoms with E-state index >= 15 is 0 Å². The highest BCUT2D eigenvalue weighted by molar-refractivity contribution is 7.73. The maximum atomic E-state index is 11.8. The maximum Gasteiger partial charge on any atom is 0.352 e. The van der Waals surface area contributed by atoms with Gasteiger partial charge in [0.2, 0.25) is 0 Å². The Balaban J connectivity index is 2.54. The highest BCUT2D eigenvalue weighted by atomic mass is 35.5. The Morgan fingerprint density at radius 1 is 1.58 bits per heavy atom. The number of carbonyl (C=O) groups excluding carboxylic acids is 1. The number of carbonyl (C=O) groups is 1. The Morgan fingerprint density at radius 2 is 2.32 bits per heavy atom. The summed E-state index contributed by atoms with van der Waals surface area (Å²) in [5.74, 6) is -0.187. The molecule has 0 saturated heterocycles. The van der Waals surface area contributed by atoms with E-state index in [2.05, 4.69) is 0 Å². The number of anilines is 1. The number of hydrogen-bond donors (Lipinski definition) is 1. The van der Waals surface area contributed by atoms with Crippen LogP contribution in [0.1, 0.15) is 16.6 Å². The highest BCUT2D eigenvalue weighted by Gasteiger charge is 2.18. The molecule has 0 aliphatic rings. The van der Waals surface area contributed by atoms with Crippen LogP contribution in [0.4, 0.5) is 5.82 Å². The first-order chi connectivity index (χ1) is 9.04. The number of rotatable bonds is 3. The number of thiazole rings is 1. The monoisotopic (exact) mass is 314 g/mol. The van der Waals surface area contributed by atoms with Crippen molar-refractivity contribution >= 4 is 46.9 Å². The van der Waals surface area contributed by atoms with Crippen molar-refractivity contribution in [3.63, 3.8) is 0 Å². The standard InChI is InChI=1S/C12H11ClN2O2S2/c1-2-17-11(16)9-10(14)15(12(18)19-9)8-5-3-4-7(13)6-8/h3-6H,2,14H2,1H3.